The first-order chi connectivity index (χ1) is 16.0. The van der Waals surface area contributed by atoms with Crippen LogP contribution in [0.15, 0.2) is 54.6 Å². The van der Waals surface area contributed by atoms with Crippen molar-refractivity contribution < 1.29 is 24.2 Å². The van der Waals surface area contributed by atoms with E-state index in [0.29, 0.717) is 56.9 Å². The van der Waals surface area contributed by atoms with Crippen LogP contribution >= 0.6 is 0 Å². The number of esters is 1. The van der Waals surface area contributed by atoms with Crippen LogP contribution in [-0.4, -0.2) is 53.8 Å². The molecule has 1 saturated heterocycles. The molecule has 4 rings (SSSR count). The van der Waals surface area contributed by atoms with Crippen LogP contribution in [0.5, 0.6) is 5.75 Å². The first-order valence-corrected chi connectivity index (χ1v) is 11.8. The fourth-order valence-corrected chi connectivity index (χ4v) is 4.70. The molecule has 2 fully saturated rings. The Labute approximate surface area is 194 Å². The molecule has 1 aliphatic carbocycles. The number of ether oxygens (including phenoxy) is 2. The molecule has 1 heterocycles. The summed E-state index contributed by atoms with van der Waals surface area (Å²) in [5.74, 6) is -1.06. The van der Waals surface area contributed by atoms with E-state index in [2.05, 4.69) is 5.32 Å². The van der Waals surface area contributed by atoms with Crippen molar-refractivity contribution in [1.29, 1.82) is 0 Å². The third-order valence-corrected chi connectivity index (χ3v) is 6.50. The zero-order valence-corrected chi connectivity index (χ0v) is 18.9. The third-order valence-electron chi connectivity index (χ3n) is 6.50. The van der Waals surface area contributed by atoms with E-state index in [4.69, 9.17) is 9.47 Å². The van der Waals surface area contributed by atoms with Gasteiger partial charge in [0.05, 0.1) is 5.60 Å². The highest BCUT2D eigenvalue weighted by atomic mass is 16.6. The number of nitrogens with zero attached hydrogens (tertiary/aromatic N) is 1. The topological polar surface area (TPSA) is 88.1 Å². The van der Waals surface area contributed by atoms with Crippen molar-refractivity contribution in [2.24, 2.45) is 0 Å². The predicted molar refractivity (Wildman–Crippen MR) is 124 cm³/mol. The number of benzene rings is 2. The molecule has 2 aromatic carbocycles. The van der Waals surface area contributed by atoms with E-state index >= 15 is 0 Å². The van der Waals surface area contributed by atoms with Gasteiger partial charge in [-0.15, -0.1) is 0 Å². The summed E-state index contributed by atoms with van der Waals surface area (Å²) in [5.41, 5.74) is 0.381. The molecule has 0 bridgehead atoms. The van der Waals surface area contributed by atoms with Gasteiger partial charge in [-0.25, -0.2) is 4.79 Å². The van der Waals surface area contributed by atoms with Crippen LogP contribution in [0.1, 0.15) is 49.1 Å². The summed E-state index contributed by atoms with van der Waals surface area (Å²) in [6, 6.07) is 17.0. The average molecular weight is 453 g/mol. The number of nitrogens with one attached hydrogen (secondary N) is 1. The number of carbonyl (C=O) groups excluding carboxylic acids is 2. The van der Waals surface area contributed by atoms with E-state index in [-0.39, 0.29) is 0 Å². The Bertz CT molecular complexity index is 937. The van der Waals surface area contributed by atoms with Crippen LogP contribution in [0.4, 0.5) is 4.79 Å². The van der Waals surface area contributed by atoms with E-state index in [0.717, 1.165) is 24.8 Å². The van der Waals surface area contributed by atoms with Gasteiger partial charge < -0.3 is 24.8 Å². The minimum Gasteiger partial charge on any atom is -0.489 e. The molecular weight excluding hydrogens is 420 g/mol. The van der Waals surface area contributed by atoms with Gasteiger partial charge in [0.2, 0.25) is 0 Å². The van der Waals surface area contributed by atoms with Gasteiger partial charge in [-0.05, 0) is 36.1 Å². The summed E-state index contributed by atoms with van der Waals surface area (Å²) in [6.45, 7) is 2.70. The molecule has 33 heavy (non-hydrogen) atoms. The summed E-state index contributed by atoms with van der Waals surface area (Å²) < 4.78 is 11.3. The van der Waals surface area contributed by atoms with Crippen LogP contribution in [0, 0.1) is 0 Å². The maximum absolute atomic E-state index is 13.3. The molecule has 2 aromatic rings. The van der Waals surface area contributed by atoms with Gasteiger partial charge >= 0.3 is 12.1 Å². The molecule has 2 N–H and O–H groups in total. The zero-order chi connectivity index (χ0) is 23.1. The van der Waals surface area contributed by atoms with E-state index in [1.165, 1.54) is 4.90 Å². The first-order valence-electron chi connectivity index (χ1n) is 11.8. The molecule has 1 unspecified atom stereocenters. The molecule has 0 radical (unpaired) electrons. The second-order valence-corrected chi connectivity index (χ2v) is 8.87. The number of hydrogen-bond donors (Lipinski definition) is 2. The lowest BCUT2D eigenvalue weighted by molar-refractivity contribution is -0.149. The first kappa shape index (κ1) is 23.3. The lowest BCUT2D eigenvalue weighted by atomic mass is 9.73. The third kappa shape index (κ3) is 5.92. The predicted octanol–water partition coefficient (Wildman–Crippen LogP) is 3.61. The van der Waals surface area contributed by atoms with Crippen molar-refractivity contribution in [2.75, 3.05) is 26.2 Å². The van der Waals surface area contributed by atoms with Crippen molar-refractivity contribution in [2.45, 2.75) is 50.2 Å². The van der Waals surface area contributed by atoms with Gasteiger partial charge in [0.25, 0.3) is 0 Å². The fourth-order valence-electron chi connectivity index (χ4n) is 4.70. The highest BCUT2D eigenvalue weighted by Crippen LogP contribution is 2.41. The zero-order valence-electron chi connectivity index (χ0n) is 18.9. The minimum absolute atomic E-state index is 0.394. The molecule has 7 nitrogen and oxygen atoms in total. The van der Waals surface area contributed by atoms with E-state index in [9.17, 15) is 14.7 Å². The molecule has 2 aliphatic rings. The number of hydrogen-bond acceptors (Lipinski definition) is 6. The molecule has 0 aromatic heterocycles. The van der Waals surface area contributed by atoms with E-state index in [1.54, 1.807) is 18.2 Å². The molecule has 0 spiro atoms. The standard InChI is InChI=1S/C26H32N2O5/c29-24(33-25(30)28-16-14-27-15-17-28)23(26(31)12-5-2-6-13-26)21-10-7-11-22(18-21)32-19-20-8-3-1-4-9-20/h1,3-4,7-11,18,23,27,31H,2,5-6,12-17,19H2. The molecule has 1 aliphatic heterocycles. The summed E-state index contributed by atoms with van der Waals surface area (Å²) in [4.78, 5) is 27.4. The number of amides is 1. The molecule has 7 heteroatoms. The van der Waals surface area contributed by atoms with Crippen LogP contribution in [0.2, 0.25) is 0 Å². The molecule has 1 atom stereocenters. The van der Waals surface area contributed by atoms with Gasteiger partial charge in [-0.1, -0.05) is 61.7 Å². The van der Waals surface area contributed by atoms with Crippen molar-refractivity contribution in [1.82, 2.24) is 10.2 Å². The van der Waals surface area contributed by atoms with Gasteiger partial charge in [0.15, 0.2) is 0 Å². The SMILES string of the molecule is O=C(OC(=O)N1CCNCC1)C(c1cccc(OCc2ccccc2)c1)C1(O)CCCCC1. The van der Waals surface area contributed by atoms with Crippen molar-refractivity contribution >= 4 is 12.1 Å². The Hall–Kier alpha value is -2.90. The summed E-state index contributed by atoms with van der Waals surface area (Å²) >= 11 is 0. The van der Waals surface area contributed by atoms with Crippen LogP contribution < -0.4 is 10.1 Å². The largest absolute Gasteiger partial charge is 0.489 e. The fraction of sp³-hybridized carbons (Fsp3) is 0.462. The average Bonchev–Trinajstić information content (AvgIpc) is 2.84. The Morgan fingerprint density at radius 3 is 2.45 bits per heavy atom. The Balaban J connectivity index is 1.54. The highest BCUT2D eigenvalue weighted by Gasteiger charge is 2.45. The van der Waals surface area contributed by atoms with E-state index in [1.807, 2.05) is 36.4 Å². The lowest BCUT2D eigenvalue weighted by Gasteiger charge is -2.38. The molecule has 1 saturated carbocycles. The van der Waals surface area contributed by atoms with Gasteiger partial charge in [0.1, 0.15) is 18.3 Å². The Morgan fingerprint density at radius 1 is 1.00 bits per heavy atom. The number of carbonyl (C=O) groups is 2. The monoisotopic (exact) mass is 452 g/mol. The highest BCUT2D eigenvalue weighted by molar-refractivity contribution is 5.89. The van der Waals surface area contributed by atoms with E-state index < -0.39 is 23.6 Å². The maximum atomic E-state index is 13.3. The van der Waals surface area contributed by atoms with Gasteiger partial charge in [-0.3, -0.25) is 4.79 Å². The van der Waals surface area contributed by atoms with Crippen molar-refractivity contribution in [3.63, 3.8) is 0 Å². The number of aliphatic hydroxyl groups is 1. The smallest absolute Gasteiger partial charge is 0.417 e. The van der Waals surface area contributed by atoms with Gasteiger partial charge in [-0.2, -0.15) is 0 Å². The van der Waals surface area contributed by atoms with Crippen LogP contribution in [-0.2, 0) is 16.1 Å². The summed E-state index contributed by atoms with van der Waals surface area (Å²) in [7, 11) is 0. The minimum atomic E-state index is -1.25. The summed E-state index contributed by atoms with van der Waals surface area (Å²) in [5, 5.41) is 14.7. The lowest BCUT2D eigenvalue weighted by Crippen LogP contribution is -2.49. The Morgan fingerprint density at radius 2 is 1.73 bits per heavy atom. The molecule has 176 valence electrons. The quantitative estimate of drug-likeness (QED) is 0.514. The second-order valence-electron chi connectivity index (χ2n) is 8.87. The number of rotatable bonds is 6. The van der Waals surface area contributed by atoms with Crippen molar-refractivity contribution in [3.05, 3.63) is 65.7 Å². The summed E-state index contributed by atoms with van der Waals surface area (Å²) in [6.07, 6.45) is 3.01. The van der Waals surface area contributed by atoms with Crippen molar-refractivity contribution in [3.8, 4) is 5.75 Å². The molecule has 1 amide bonds. The van der Waals surface area contributed by atoms with Crippen LogP contribution in [0.3, 0.4) is 0 Å². The number of piperazine rings is 1. The van der Waals surface area contributed by atoms with Crippen LogP contribution in [0.25, 0.3) is 0 Å². The normalized spacial score (nSPS) is 18.9. The molecular formula is C26H32N2O5. The Kier molecular flexibility index (Phi) is 7.62. The van der Waals surface area contributed by atoms with Gasteiger partial charge in [0, 0.05) is 26.2 Å². The second kappa shape index (κ2) is 10.8. The maximum Gasteiger partial charge on any atom is 0.417 e.